The fraction of sp³-hybridized carbons (Fsp3) is 0.214. The van der Waals surface area contributed by atoms with Crippen LogP contribution in [0.25, 0.3) is 0 Å². The Kier molecular flexibility index (Phi) is 4.64. The average molecular weight is 298 g/mol. The van der Waals surface area contributed by atoms with E-state index in [1.54, 1.807) is 37.6 Å². The van der Waals surface area contributed by atoms with Crippen LogP contribution in [0.15, 0.2) is 36.5 Å². The minimum absolute atomic E-state index is 0.387. The van der Waals surface area contributed by atoms with Gasteiger partial charge in [-0.1, -0.05) is 41.4 Å². The third kappa shape index (κ3) is 3.38. The Morgan fingerprint density at radius 3 is 2.68 bits per heavy atom. The molecule has 0 amide bonds. The topological polar surface area (TPSA) is 42.4 Å². The molecule has 1 atom stereocenters. The summed E-state index contributed by atoms with van der Waals surface area (Å²) in [6.45, 7) is 0. The van der Waals surface area contributed by atoms with Crippen molar-refractivity contribution in [2.24, 2.45) is 0 Å². The van der Waals surface area contributed by atoms with Crippen LogP contribution < -0.4 is 4.74 Å². The van der Waals surface area contributed by atoms with Crippen molar-refractivity contribution in [2.45, 2.75) is 12.5 Å². The molecule has 1 heterocycles. The monoisotopic (exact) mass is 297 g/mol. The van der Waals surface area contributed by atoms with E-state index in [1.807, 2.05) is 6.07 Å². The number of nitrogens with zero attached hydrogens (tertiary/aromatic N) is 1. The zero-order chi connectivity index (χ0) is 13.8. The van der Waals surface area contributed by atoms with Gasteiger partial charge in [0.05, 0.1) is 23.3 Å². The first-order valence-corrected chi connectivity index (χ1v) is 6.48. The molecule has 2 aromatic rings. The van der Waals surface area contributed by atoms with Crippen molar-refractivity contribution in [3.63, 3.8) is 0 Å². The molecular formula is C14H13Cl2NO2. The van der Waals surface area contributed by atoms with Crippen molar-refractivity contribution in [1.82, 2.24) is 4.98 Å². The van der Waals surface area contributed by atoms with E-state index >= 15 is 0 Å². The number of halogens is 2. The number of rotatable bonds is 4. The van der Waals surface area contributed by atoms with Crippen molar-refractivity contribution < 1.29 is 9.84 Å². The molecule has 0 saturated carbocycles. The minimum atomic E-state index is -0.721. The number of benzene rings is 1. The van der Waals surface area contributed by atoms with Crippen molar-refractivity contribution >= 4 is 23.2 Å². The Bertz CT molecular complexity index is 558. The smallest absolute Gasteiger partial charge is 0.212 e. The molecule has 0 bridgehead atoms. The third-order valence-electron chi connectivity index (χ3n) is 2.78. The number of methoxy groups -OCH3 is 1. The quantitative estimate of drug-likeness (QED) is 0.936. The highest BCUT2D eigenvalue weighted by Gasteiger charge is 2.14. The standard InChI is InChI=1S/C14H13Cl2NO2/c1-19-13-6-5-9(8-17-13)7-12(18)10-3-2-4-11(15)14(10)16/h2-6,8,12,18H,7H2,1H3. The molecule has 100 valence electrons. The van der Waals surface area contributed by atoms with Gasteiger partial charge in [-0.2, -0.15) is 0 Å². The highest BCUT2D eigenvalue weighted by atomic mass is 35.5. The molecule has 0 aliphatic rings. The molecule has 0 radical (unpaired) electrons. The summed E-state index contributed by atoms with van der Waals surface area (Å²) >= 11 is 12.0. The fourth-order valence-electron chi connectivity index (χ4n) is 1.76. The van der Waals surface area contributed by atoms with Crippen molar-refractivity contribution in [3.05, 3.63) is 57.7 Å². The molecule has 1 aromatic heterocycles. The first-order chi connectivity index (χ1) is 9.11. The molecule has 0 spiro atoms. The van der Waals surface area contributed by atoms with Gasteiger partial charge in [-0.3, -0.25) is 0 Å². The maximum absolute atomic E-state index is 10.2. The van der Waals surface area contributed by atoms with E-state index in [-0.39, 0.29) is 0 Å². The first kappa shape index (κ1) is 14.1. The molecule has 0 fully saturated rings. The number of aromatic nitrogens is 1. The summed E-state index contributed by atoms with van der Waals surface area (Å²) in [5.74, 6) is 0.541. The number of hydrogen-bond acceptors (Lipinski definition) is 3. The lowest BCUT2D eigenvalue weighted by Gasteiger charge is -2.13. The van der Waals surface area contributed by atoms with Gasteiger partial charge in [0.2, 0.25) is 5.88 Å². The van der Waals surface area contributed by atoms with E-state index in [0.717, 1.165) is 5.56 Å². The van der Waals surface area contributed by atoms with E-state index in [4.69, 9.17) is 27.9 Å². The molecule has 19 heavy (non-hydrogen) atoms. The van der Waals surface area contributed by atoms with E-state index < -0.39 is 6.10 Å². The summed E-state index contributed by atoms with van der Waals surface area (Å²) in [4.78, 5) is 4.09. The van der Waals surface area contributed by atoms with Crippen LogP contribution >= 0.6 is 23.2 Å². The van der Waals surface area contributed by atoms with Gasteiger partial charge in [-0.05, 0) is 11.6 Å². The van der Waals surface area contributed by atoms with Crippen LogP contribution in [0.1, 0.15) is 17.2 Å². The van der Waals surface area contributed by atoms with Gasteiger partial charge in [0, 0.05) is 24.2 Å². The van der Waals surface area contributed by atoms with Crippen LogP contribution in [0.5, 0.6) is 5.88 Å². The summed E-state index contributed by atoms with van der Waals surface area (Å²) in [5, 5.41) is 11.0. The molecule has 3 nitrogen and oxygen atoms in total. The SMILES string of the molecule is COc1ccc(CC(O)c2cccc(Cl)c2Cl)cn1. The largest absolute Gasteiger partial charge is 0.481 e. The maximum atomic E-state index is 10.2. The zero-order valence-corrected chi connectivity index (χ0v) is 11.8. The predicted octanol–water partition coefficient (Wildman–Crippen LogP) is 3.67. The van der Waals surface area contributed by atoms with E-state index in [2.05, 4.69) is 4.98 Å². The summed E-state index contributed by atoms with van der Waals surface area (Å²) in [7, 11) is 1.56. The molecule has 1 N–H and O–H groups in total. The van der Waals surface area contributed by atoms with Gasteiger partial charge >= 0.3 is 0 Å². The zero-order valence-electron chi connectivity index (χ0n) is 10.3. The lowest BCUT2D eigenvalue weighted by Crippen LogP contribution is -2.03. The molecule has 5 heteroatoms. The lowest BCUT2D eigenvalue weighted by atomic mass is 10.0. The van der Waals surface area contributed by atoms with Crippen molar-refractivity contribution in [2.75, 3.05) is 7.11 Å². The highest BCUT2D eigenvalue weighted by Crippen LogP contribution is 2.31. The molecule has 0 aliphatic carbocycles. The van der Waals surface area contributed by atoms with E-state index in [0.29, 0.717) is 27.9 Å². The lowest BCUT2D eigenvalue weighted by molar-refractivity contribution is 0.178. The molecule has 1 unspecified atom stereocenters. The second-order valence-corrected chi connectivity index (χ2v) is 4.86. The van der Waals surface area contributed by atoms with Crippen LogP contribution in [-0.2, 0) is 6.42 Å². The van der Waals surface area contributed by atoms with Crippen LogP contribution in [-0.4, -0.2) is 17.2 Å². The van der Waals surface area contributed by atoms with Crippen molar-refractivity contribution in [1.29, 1.82) is 0 Å². The predicted molar refractivity (Wildman–Crippen MR) is 75.9 cm³/mol. The van der Waals surface area contributed by atoms with Gasteiger partial charge < -0.3 is 9.84 Å². The Morgan fingerprint density at radius 1 is 1.26 bits per heavy atom. The van der Waals surface area contributed by atoms with Gasteiger partial charge in [0.15, 0.2) is 0 Å². The number of hydrogen-bond donors (Lipinski definition) is 1. The maximum Gasteiger partial charge on any atom is 0.212 e. The normalized spacial score (nSPS) is 12.2. The van der Waals surface area contributed by atoms with Gasteiger partial charge in [-0.15, -0.1) is 0 Å². The summed E-state index contributed by atoms with van der Waals surface area (Å²) in [6, 6.07) is 8.82. The van der Waals surface area contributed by atoms with Crippen LogP contribution in [0, 0.1) is 0 Å². The number of aliphatic hydroxyl groups excluding tert-OH is 1. The third-order valence-corrected chi connectivity index (χ3v) is 3.61. The van der Waals surface area contributed by atoms with Crippen LogP contribution in [0.3, 0.4) is 0 Å². The number of ether oxygens (including phenoxy) is 1. The first-order valence-electron chi connectivity index (χ1n) is 5.72. The molecule has 2 rings (SSSR count). The fourth-order valence-corrected chi connectivity index (χ4v) is 2.20. The number of pyridine rings is 1. The van der Waals surface area contributed by atoms with Gasteiger partial charge in [-0.25, -0.2) is 4.98 Å². The molecule has 0 saturated heterocycles. The van der Waals surface area contributed by atoms with Crippen molar-refractivity contribution in [3.8, 4) is 5.88 Å². The van der Waals surface area contributed by atoms with Gasteiger partial charge in [0.25, 0.3) is 0 Å². The Morgan fingerprint density at radius 2 is 2.05 bits per heavy atom. The summed E-state index contributed by atoms with van der Waals surface area (Å²) in [6.07, 6.45) is 1.36. The van der Waals surface area contributed by atoms with E-state index in [1.165, 1.54) is 0 Å². The average Bonchev–Trinajstić information content (AvgIpc) is 2.42. The van der Waals surface area contributed by atoms with Crippen LogP contribution in [0.2, 0.25) is 10.0 Å². The number of aliphatic hydroxyl groups is 1. The Balaban J connectivity index is 2.15. The van der Waals surface area contributed by atoms with Crippen LogP contribution in [0.4, 0.5) is 0 Å². The molecule has 0 aliphatic heterocycles. The van der Waals surface area contributed by atoms with Gasteiger partial charge in [0.1, 0.15) is 0 Å². The second kappa shape index (κ2) is 6.24. The Labute approximate surface area is 121 Å². The summed E-state index contributed by atoms with van der Waals surface area (Å²) in [5.41, 5.74) is 1.51. The molecule has 1 aromatic carbocycles. The molecular weight excluding hydrogens is 285 g/mol. The van der Waals surface area contributed by atoms with E-state index in [9.17, 15) is 5.11 Å². The highest BCUT2D eigenvalue weighted by molar-refractivity contribution is 6.42. The minimum Gasteiger partial charge on any atom is -0.481 e. The second-order valence-electron chi connectivity index (χ2n) is 4.07. The summed E-state index contributed by atoms with van der Waals surface area (Å²) < 4.78 is 4.98. The Hall–Kier alpha value is -1.29.